The highest BCUT2D eigenvalue weighted by Gasteiger charge is 2.13. The molecule has 0 aliphatic carbocycles. The molecule has 2 amide bonds. The highest BCUT2D eigenvalue weighted by molar-refractivity contribution is 7.14. The van der Waals surface area contributed by atoms with Crippen LogP contribution in [0.1, 0.15) is 21.8 Å². The van der Waals surface area contributed by atoms with E-state index in [9.17, 15) is 9.59 Å². The normalized spacial score (nSPS) is 10.5. The van der Waals surface area contributed by atoms with E-state index in [1.54, 1.807) is 29.6 Å². The minimum absolute atomic E-state index is 0.0959. The molecule has 2 heterocycles. The predicted octanol–water partition coefficient (Wildman–Crippen LogP) is 4.13. The minimum Gasteiger partial charge on any atom is -0.459 e. The summed E-state index contributed by atoms with van der Waals surface area (Å²) in [4.78, 5) is 28.2. The van der Waals surface area contributed by atoms with Gasteiger partial charge in [0.2, 0.25) is 5.91 Å². The Morgan fingerprint density at radius 3 is 2.84 bits per heavy atom. The van der Waals surface area contributed by atoms with Crippen molar-refractivity contribution < 1.29 is 14.0 Å². The number of carbonyl (C=O) groups excluding carboxylic acids is 2. The second-order valence-corrected chi connectivity index (χ2v) is 6.53. The van der Waals surface area contributed by atoms with Gasteiger partial charge in [-0.25, -0.2) is 4.98 Å². The van der Waals surface area contributed by atoms with Crippen LogP contribution in [0.2, 0.25) is 5.02 Å². The van der Waals surface area contributed by atoms with Gasteiger partial charge in [0.05, 0.1) is 18.4 Å². The molecule has 0 unspecified atom stereocenters. The van der Waals surface area contributed by atoms with Crippen LogP contribution in [0, 0.1) is 6.92 Å². The van der Waals surface area contributed by atoms with Gasteiger partial charge in [-0.05, 0) is 36.8 Å². The van der Waals surface area contributed by atoms with Crippen molar-refractivity contribution in [1.29, 1.82) is 0 Å². The largest absolute Gasteiger partial charge is 0.459 e. The third kappa shape index (κ3) is 4.46. The topological polar surface area (TPSA) is 84.2 Å². The maximum Gasteiger partial charge on any atom is 0.293 e. The molecule has 128 valence electrons. The van der Waals surface area contributed by atoms with Crippen molar-refractivity contribution in [3.63, 3.8) is 0 Å². The number of rotatable bonds is 5. The van der Waals surface area contributed by atoms with Crippen LogP contribution < -0.4 is 10.6 Å². The predicted molar refractivity (Wildman–Crippen MR) is 97.3 cm³/mol. The van der Waals surface area contributed by atoms with E-state index >= 15 is 0 Å². The zero-order valence-electron chi connectivity index (χ0n) is 13.2. The molecule has 0 bridgehead atoms. The summed E-state index contributed by atoms with van der Waals surface area (Å²) in [6.45, 7) is 1.89. The Labute approximate surface area is 152 Å². The Balaban J connectivity index is 1.58. The number of hydrogen-bond acceptors (Lipinski definition) is 5. The van der Waals surface area contributed by atoms with Crippen LogP contribution in [0.3, 0.4) is 0 Å². The average molecular weight is 376 g/mol. The van der Waals surface area contributed by atoms with Gasteiger partial charge in [-0.1, -0.05) is 17.7 Å². The molecule has 25 heavy (non-hydrogen) atoms. The average Bonchev–Trinajstić information content (AvgIpc) is 3.23. The molecule has 2 N–H and O–H groups in total. The lowest BCUT2D eigenvalue weighted by Gasteiger charge is -2.06. The second-order valence-electron chi connectivity index (χ2n) is 5.26. The molecule has 0 aliphatic rings. The van der Waals surface area contributed by atoms with Crippen molar-refractivity contribution in [2.45, 2.75) is 13.3 Å². The van der Waals surface area contributed by atoms with Crippen LogP contribution in [-0.4, -0.2) is 16.8 Å². The van der Waals surface area contributed by atoms with Crippen LogP contribution in [0.25, 0.3) is 0 Å². The van der Waals surface area contributed by atoms with E-state index in [1.165, 1.54) is 17.6 Å². The van der Waals surface area contributed by atoms with Gasteiger partial charge >= 0.3 is 0 Å². The number of benzene rings is 1. The van der Waals surface area contributed by atoms with Crippen molar-refractivity contribution in [3.05, 3.63) is 64.0 Å². The first-order chi connectivity index (χ1) is 12.0. The van der Waals surface area contributed by atoms with E-state index in [-0.39, 0.29) is 24.0 Å². The van der Waals surface area contributed by atoms with E-state index in [0.29, 0.717) is 21.5 Å². The molecule has 0 spiro atoms. The minimum atomic E-state index is -0.385. The Morgan fingerprint density at radius 1 is 1.28 bits per heavy atom. The number of hydrogen-bond donors (Lipinski definition) is 2. The van der Waals surface area contributed by atoms with Gasteiger partial charge in [0.25, 0.3) is 5.91 Å². The Kier molecular flexibility index (Phi) is 5.16. The van der Waals surface area contributed by atoms with Gasteiger partial charge in [-0.15, -0.1) is 11.3 Å². The molecule has 3 aromatic rings. The summed E-state index contributed by atoms with van der Waals surface area (Å²) in [5.41, 5.74) is 2.13. The number of nitrogens with zero attached hydrogens (tertiary/aromatic N) is 1. The zero-order valence-corrected chi connectivity index (χ0v) is 14.8. The first kappa shape index (κ1) is 17.2. The molecule has 6 nitrogen and oxygen atoms in total. The number of halogens is 1. The summed E-state index contributed by atoms with van der Waals surface area (Å²) in [6, 6.07) is 8.51. The maximum atomic E-state index is 12.1. The van der Waals surface area contributed by atoms with Gasteiger partial charge in [-0.3, -0.25) is 14.9 Å². The molecule has 0 fully saturated rings. The Morgan fingerprint density at radius 2 is 2.12 bits per heavy atom. The molecule has 2 aromatic heterocycles. The van der Waals surface area contributed by atoms with E-state index in [2.05, 4.69) is 15.6 Å². The number of furan rings is 1. The molecular formula is C17H14ClN3O3S. The van der Waals surface area contributed by atoms with Crippen LogP contribution >= 0.6 is 22.9 Å². The van der Waals surface area contributed by atoms with Crippen molar-refractivity contribution in [3.8, 4) is 0 Å². The fourth-order valence-corrected chi connectivity index (χ4v) is 2.94. The third-order valence-electron chi connectivity index (χ3n) is 3.31. The summed E-state index contributed by atoms with van der Waals surface area (Å²) < 4.78 is 5.01. The fraction of sp³-hybridized carbons (Fsp3) is 0.118. The molecule has 0 radical (unpaired) electrons. The highest BCUT2D eigenvalue weighted by Crippen LogP contribution is 2.21. The number of aromatic nitrogens is 1. The highest BCUT2D eigenvalue weighted by atomic mass is 35.5. The molecule has 0 saturated carbocycles. The van der Waals surface area contributed by atoms with Crippen LogP contribution in [0.5, 0.6) is 0 Å². The lowest BCUT2D eigenvalue weighted by atomic mass is 10.2. The summed E-state index contributed by atoms with van der Waals surface area (Å²) in [6.07, 6.45) is 1.52. The van der Waals surface area contributed by atoms with E-state index in [1.807, 2.05) is 13.0 Å². The van der Waals surface area contributed by atoms with Crippen LogP contribution in [0.4, 0.5) is 10.8 Å². The van der Waals surface area contributed by atoms with E-state index < -0.39 is 0 Å². The molecule has 0 aliphatic heterocycles. The van der Waals surface area contributed by atoms with Gasteiger partial charge in [0.15, 0.2) is 10.9 Å². The molecule has 0 saturated heterocycles. The summed E-state index contributed by atoms with van der Waals surface area (Å²) >= 11 is 7.28. The summed E-state index contributed by atoms with van der Waals surface area (Å²) in [5, 5.41) is 8.12. The monoisotopic (exact) mass is 375 g/mol. The van der Waals surface area contributed by atoms with Crippen molar-refractivity contribution in [2.75, 3.05) is 10.6 Å². The quantitative estimate of drug-likeness (QED) is 0.702. The number of thiazole rings is 1. The van der Waals surface area contributed by atoms with E-state index in [4.69, 9.17) is 16.0 Å². The lowest BCUT2D eigenvalue weighted by molar-refractivity contribution is -0.115. The number of amides is 2. The number of aryl methyl sites for hydroxylation is 1. The molecule has 8 heteroatoms. The number of anilines is 2. The maximum absolute atomic E-state index is 12.1. The van der Waals surface area contributed by atoms with Gasteiger partial charge in [-0.2, -0.15) is 0 Å². The van der Waals surface area contributed by atoms with E-state index in [0.717, 1.165) is 5.56 Å². The standard InChI is InChI=1S/C17H14ClN3O3S/c1-10-4-5-11(7-13(10)18)19-15(22)8-12-9-25-17(20-12)21-16(23)14-3-2-6-24-14/h2-7,9H,8H2,1H3,(H,19,22)(H,20,21,23). The summed E-state index contributed by atoms with van der Waals surface area (Å²) in [7, 11) is 0. The number of nitrogens with one attached hydrogen (secondary N) is 2. The van der Waals surface area contributed by atoms with Crippen molar-refractivity contribution >= 4 is 45.6 Å². The van der Waals surface area contributed by atoms with Gasteiger partial charge in [0, 0.05) is 16.1 Å². The van der Waals surface area contributed by atoms with Crippen LogP contribution in [-0.2, 0) is 11.2 Å². The summed E-state index contributed by atoms with van der Waals surface area (Å²) in [5.74, 6) is -0.399. The first-order valence-electron chi connectivity index (χ1n) is 7.36. The van der Waals surface area contributed by atoms with Crippen LogP contribution in [0.15, 0.2) is 46.4 Å². The molecular weight excluding hydrogens is 362 g/mol. The first-order valence-corrected chi connectivity index (χ1v) is 8.62. The third-order valence-corrected chi connectivity index (χ3v) is 4.53. The second kappa shape index (κ2) is 7.50. The SMILES string of the molecule is Cc1ccc(NC(=O)Cc2csc(NC(=O)c3ccco3)n2)cc1Cl. The van der Waals surface area contributed by atoms with Gasteiger partial charge in [0.1, 0.15) is 0 Å². The molecule has 1 aromatic carbocycles. The Bertz CT molecular complexity index is 906. The Hall–Kier alpha value is -2.64. The molecule has 0 atom stereocenters. The number of carbonyl (C=O) groups is 2. The smallest absolute Gasteiger partial charge is 0.293 e. The van der Waals surface area contributed by atoms with Gasteiger partial charge < -0.3 is 9.73 Å². The van der Waals surface area contributed by atoms with Crippen molar-refractivity contribution in [1.82, 2.24) is 4.98 Å². The van der Waals surface area contributed by atoms with Crippen molar-refractivity contribution in [2.24, 2.45) is 0 Å². The zero-order chi connectivity index (χ0) is 17.8. The fourth-order valence-electron chi connectivity index (χ4n) is 2.05. The lowest BCUT2D eigenvalue weighted by Crippen LogP contribution is -2.15. The molecule has 3 rings (SSSR count).